The van der Waals surface area contributed by atoms with E-state index in [2.05, 4.69) is 26.8 Å². The number of piperazine rings is 1. The highest BCUT2D eigenvalue weighted by molar-refractivity contribution is 5.54. The second kappa shape index (κ2) is 6.46. The van der Waals surface area contributed by atoms with E-state index in [0.717, 1.165) is 50.8 Å². The average Bonchev–Trinajstić information content (AvgIpc) is 2.55. The van der Waals surface area contributed by atoms with E-state index in [-0.39, 0.29) is 12.6 Å². The van der Waals surface area contributed by atoms with Crippen LogP contribution in [0.2, 0.25) is 0 Å². The van der Waals surface area contributed by atoms with E-state index in [1.54, 1.807) is 0 Å². The average molecular weight is 322 g/mol. The van der Waals surface area contributed by atoms with Crippen LogP contribution < -0.4 is 15.5 Å². The van der Waals surface area contributed by atoms with Gasteiger partial charge < -0.3 is 30.6 Å². The number of aliphatic hydroxyl groups is 2. The number of nitrogen functional groups attached to an aromatic ring is 1. The summed E-state index contributed by atoms with van der Waals surface area (Å²) < 4.78 is 0. The van der Waals surface area contributed by atoms with Crippen LogP contribution >= 0.6 is 0 Å². The first kappa shape index (κ1) is 16.2. The number of β-amino-alcohol motifs (C(OH)–C–C–N with tert-alkyl or cyclic N) is 1. The van der Waals surface area contributed by atoms with Crippen LogP contribution in [0.5, 0.6) is 0 Å². The number of hydrogen-bond acceptors (Lipinski definition) is 8. The Morgan fingerprint density at radius 2 is 1.78 bits per heavy atom. The lowest BCUT2D eigenvalue weighted by atomic mass is 9.94. The van der Waals surface area contributed by atoms with Gasteiger partial charge in [0, 0.05) is 38.8 Å². The van der Waals surface area contributed by atoms with Crippen LogP contribution in [0.15, 0.2) is 6.07 Å². The molecule has 3 rings (SSSR count). The van der Waals surface area contributed by atoms with Crippen LogP contribution in [-0.4, -0.2) is 83.6 Å². The Hall–Kier alpha value is -1.64. The minimum Gasteiger partial charge on any atom is -0.393 e. The number of anilines is 3. The van der Waals surface area contributed by atoms with E-state index in [1.165, 1.54) is 0 Å². The third-order valence-electron chi connectivity index (χ3n) is 4.72. The molecule has 3 heterocycles. The summed E-state index contributed by atoms with van der Waals surface area (Å²) in [5.74, 6) is 1.80. The molecule has 23 heavy (non-hydrogen) atoms. The quantitative estimate of drug-likeness (QED) is 0.660. The van der Waals surface area contributed by atoms with Crippen molar-refractivity contribution in [2.75, 3.05) is 68.5 Å². The van der Waals surface area contributed by atoms with Crippen LogP contribution in [0.25, 0.3) is 0 Å². The summed E-state index contributed by atoms with van der Waals surface area (Å²) in [6.07, 6.45) is 1.41. The third-order valence-corrected chi connectivity index (χ3v) is 4.72. The summed E-state index contributed by atoms with van der Waals surface area (Å²) in [7, 11) is 2.11. The normalized spacial score (nSPS) is 26.6. The summed E-state index contributed by atoms with van der Waals surface area (Å²) in [5, 5.41) is 19.8. The van der Waals surface area contributed by atoms with E-state index in [9.17, 15) is 10.2 Å². The van der Waals surface area contributed by atoms with Crippen molar-refractivity contribution in [2.24, 2.45) is 0 Å². The highest BCUT2D eigenvalue weighted by Gasteiger charge is 2.33. The molecular formula is C15H26N6O2. The van der Waals surface area contributed by atoms with Gasteiger partial charge in [0.25, 0.3) is 0 Å². The van der Waals surface area contributed by atoms with Crippen molar-refractivity contribution in [1.82, 2.24) is 14.9 Å². The van der Waals surface area contributed by atoms with Gasteiger partial charge >= 0.3 is 0 Å². The first-order valence-corrected chi connectivity index (χ1v) is 8.15. The number of aromatic nitrogens is 2. The minimum atomic E-state index is -1.06. The smallest absolute Gasteiger partial charge is 0.223 e. The molecule has 2 aliphatic rings. The Morgan fingerprint density at radius 1 is 1.13 bits per heavy atom. The molecule has 0 aliphatic carbocycles. The van der Waals surface area contributed by atoms with Crippen LogP contribution in [0.3, 0.4) is 0 Å². The number of aliphatic hydroxyl groups excluding tert-OH is 1. The van der Waals surface area contributed by atoms with Crippen molar-refractivity contribution in [3.8, 4) is 0 Å². The first-order valence-electron chi connectivity index (χ1n) is 8.15. The Morgan fingerprint density at radius 3 is 2.43 bits per heavy atom. The van der Waals surface area contributed by atoms with Gasteiger partial charge in [0.2, 0.25) is 5.95 Å². The van der Waals surface area contributed by atoms with Crippen LogP contribution in [0.1, 0.15) is 12.8 Å². The molecule has 1 unspecified atom stereocenters. The van der Waals surface area contributed by atoms with Gasteiger partial charge in [-0.1, -0.05) is 0 Å². The van der Waals surface area contributed by atoms with Crippen molar-refractivity contribution < 1.29 is 10.2 Å². The number of hydrogen-bond donors (Lipinski definition) is 3. The van der Waals surface area contributed by atoms with E-state index in [4.69, 9.17) is 5.73 Å². The molecule has 1 aromatic heterocycles. The molecule has 0 amide bonds. The number of rotatable bonds is 3. The summed E-state index contributed by atoms with van der Waals surface area (Å²) in [6.45, 7) is 4.72. The summed E-state index contributed by atoms with van der Waals surface area (Å²) in [6, 6.07) is 1.94. The van der Waals surface area contributed by atoms with E-state index >= 15 is 0 Å². The van der Waals surface area contributed by atoms with Gasteiger partial charge in [-0.2, -0.15) is 9.97 Å². The predicted molar refractivity (Wildman–Crippen MR) is 89.6 cm³/mol. The molecule has 0 radical (unpaired) electrons. The zero-order valence-electron chi connectivity index (χ0n) is 13.6. The van der Waals surface area contributed by atoms with Crippen molar-refractivity contribution >= 4 is 17.6 Å². The maximum atomic E-state index is 10.3. The van der Waals surface area contributed by atoms with Gasteiger partial charge in [0.05, 0.1) is 13.2 Å². The maximum Gasteiger partial charge on any atom is 0.223 e. The van der Waals surface area contributed by atoms with Crippen molar-refractivity contribution in [3.05, 3.63) is 6.07 Å². The Bertz CT molecular complexity index is 549. The molecule has 1 atom stereocenters. The first-order chi connectivity index (χ1) is 11.0. The van der Waals surface area contributed by atoms with Crippen LogP contribution in [0.4, 0.5) is 17.6 Å². The van der Waals surface area contributed by atoms with Gasteiger partial charge in [0.1, 0.15) is 17.2 Å². The molecule has 2 saturated heterocycles. The predicted octanol–water partition coefficient (Wildman–Crippen LogP) is -0.866. The summed E-state index contributed by atoms with van der Waals surface area (Å²) in [4.78, 5) is 15.2. The van der Waals surface area contributed by atoms with E-state index in [0.29, 0.717) is 13.0 Å². The van der Waals surface area contributed by atoms with Crippen molar-refractivity contribution in [1.29, 1.82) is 0 Å². The molecular weight excluding hydrogens is 296 g/mol. The Kier molecular flexibility index (Phi) is 4.56. The molecule has 8 heteroatoms. The van der Waals surface area contributed by atoms with Crippen LogP contribution in [-0.2, 0) is 0 Å². The lowest BCUT2D eigenvalue weighted by Crippen LogP contribution is -2.51. The van der Waals surface area contributed by atoms with Gasteiger partial charge in [-0.05, 0) is 19.9 Å². The fourth-order valence-corrected chi connectivity index (χ4v) is 3.24. The second-order valence-corrected chi connectivity index (χ2v) is 6.64. The molecule has 2 aliphatic heterocycles. The summed E-state index contributed by atoms with van der Waals surface area (Å²) >= 11 is 0. The zero-order valence-corrected chi connectivity index (χ0v) is 13.6. The zero-order chi connectivity index (χ0) is 16.4. The Labute approximate surface area is 136 Å². The third kappa shape index (κ3) is 3.65. The van der Waals surface area contributed by atoms with Gasteiger partial charge in [0.15, 0.2) is 0 Å². The van der Waals surface area contributed by atoms with Crippen LogP contribution in [0, 0.1) is 0 Å². The topological polar surface area (TPSA) is 102 Å². The standard InChI is InChI=1S/C15H26N6O2/c1-19-5-7-20(8-6-19)12-9-13(18-14(16)17-12)21-4-2-3-15(23,10-21)11-22/h9,22-23H,2-8,10-11H2,1H3,(H2,16,17,18). The number of likely N-dealkylation sites (N-methyl/N-ethyl adjacent to an activating group) is 1. The van der Waals surface area contributed by atoms with Crippen molar-refractivity contribution in [3.63, 3.8) is 0 Å². The van der Waals surface area contributed by atoms with Crippen molar-refractivity contribution in [2.45, 2.75) is 18.4 Å². The fraction of sp³-hybridized carbons (Fsp3) is 0.733. The molecule has 128 valence electrons. The SMILES string of the molecule is CN1CCN(c2cc(N3CCCC(O)(CO)C3)nc(N)n2)CC1. The van der Waals surface area contributed by atoms with Gasteiger partial charge in [-0.25, -0.2) is 0 Å². The minimum absolute atomic E-state index is 0.241. The molecule has 0 spiro atoms. The molecule has 0 aromatic carbocycles. The number of nitrogens with two attached hydrogens (primary N) is 1. The molecule has 8 nitrogen and oxygen atoms in total. The fourth-order valence-electron chi connectivity index (χ4n) is 3.24. The molecule has 0 saturated carbocycles. The van der Waals surface area contributed by atoms with E-state index < -0.39 is 5.60 Å². The Balaban J connectivity index is 1.80. The lowest BCUT2D eigenvalue weighted by Gasteiger charge is -2.39. The number of piperidine rings is 1. The van der Waals surface area contributed by atoms with Gasteiger partial charge in [-0.15, -0.1) is 0 Å². The largest absolute Gasteiger partial charge is 0.393 e. The second-order valence-electron chi connectivity index (χ2n) is 6.64. The highest BCUT2D eigenvalue weighted by atomic mass is 16.3. The summed E-state index contributed by atoms with van der Waals surface area (Å²) in [5.41, 5.74) is 4.84. The number of nitrogens with zero attached hydrogens (tertiary/aromatic N) is 5. The van der Waals surface area contributed by atoms with E-state index in [1.807, 2.05) is 11.0 Å². The van der Waals surface area contributed by atoms with Gasteiger partial charge in [-0.3, -0.25) is 0 Å². The molecule has 0 bridgehead atoms. The monoisotopic (exact) mass is 322 g/mol. The molecule has 4 N–H and O–H groups in total. The highest BCUT2D eigenvalue weighted by Crippen LogP contribution is 2.27. The maximum absolute atomic E-state index is 10.3. The lowest BCUT2D eigenvalue weighted by molar-refractivity contribution is -0.0242. The molecule has 1 aromatic rings. The molecule has 2 fully saturated rings.